The molecule has 5 nitrogen and oxygen atoms in total. The standard InChI is InChI=1S/C18H24FN3O2/c1-13(18(23)5-9-24-10-6-18)21-12-15-3-4-17(16(19)11-15)22-8-7-20-14(22)2/h3-4,7-8,11,13,21,23H,5-6,9-10,12H2,1-2H3. The zero-order valence-electron chi connectivity index (χ0n) is 14.1. The maximum atomic E-state index is 14.4. The average molecular weight is 333 g/mol. The van der Waals surface area contributed by atoms with Gasteiger partial charge >= 0.3 is 0 Å². The SMILES string of the molecule is Cc1nccn1-c1ccc(CNC(C)C2(O)CCOCC2)cc1F. The Balaban J connectivity index is 1.66. The van der Waals surface area contributed by atoms with Crippen molar-refractivity contribution in [2.45, 2.75) is 44.9 Å². The van der Waals surface area contributed by atoms with E-state index in [2.05, 4.69) is 10.3 Å². The van der Waals surface area contributed by atoms with Crippen LogP contribution in [0.15, 0.2) is 30.6 Å². The normalized spacial score (nSPS) is 18.5. The molecule has 1 aromatic carbocycles. The van der Waals surface area contributed by atoms with E-state index in [4.69, 9.17) is 4.74 Å². The van der Waals surface area contributed by atoms with Gasteiger partial charge in [0.25, 0.3) is 0 Å². The minimum absolute atomic E-state index is 0.0833. The van der Waals surface area contributed by atoms with Crippen molar-refractivity contribution in [2.24, 2.45) is 0 Å². The number of ether oxygens (including phenoxy) is 1. The molecule has 2 aromatic rings. The molecular formula is C18H24FN3O2. The monoisotopic (exact) mass is 333 g/mol. The first kappa shape index (κ1) is 17.1. The van der Waals surface area contributed by atoms with Crippen molar-refractivity contribution >= 4 is 0 Å². The molecule has 24 heavy (non-hydrogen) atoms. The molecule has 0 amide bonds. The van der Waals surface area contributed by atoms with Crippen molar-refractivity contribution in [1.29, 1.82) is 0 Å². The Labute approximate surface area is 141 Å². The third-order valence-corrected chi connectivity index (χ3v) is 4.87. The van der Waals surface area contributed by atoms with E-state index in [1.807, 2.05) is 19.9 Å². The van der Waals surface area contributed by atoms with Gasteiger partial charge in [-0.05, 0) is 31.5 Å². The van der Waals surface area contributed by atoms with Gasteiger partial charge in [0.2, 0.25) is 0 Å². The van der Waals surface area contributed by atoms with Gasteiger partial charge in [0, 0.05) is 51.0 Å². The Hall–Kier alpha value is -1.76. The van der Waals surface area contributed by atoms with E-state index in [0.29, 0.717) is 38.3 Å². The summed E-state index contributed by atoms with van der Waals surface area (Å²) in [5.74, 6) is 0.461. The topological polar surface area (TPSA) is 59.3 Å². The van der Waals surface area contributed by atoms with Crippen LogP contribution < -0.4 is 5.32 Å². The fraction of sp³-hybridized carbons (Fsp3) is 0.500. The van der Waals surface area contributed by atoms with Gasteiger partial charge in [0.1, 0.15) is 11.6 Å². The molecule has 2 heterocycles. The summed E-state index contributed by atoms with van der Waals surface area (Å²) >= 11 is 0. The molecule has 1 saturated heterocycles. The van der Waals surface area contributed by atoms with Gasteiger partial charge in [-0.25, -0.2) is 9.37 Å². The largest absolute Gasteiger partial charge is 0.388 e. The molecule has 1 aromatic heterocycles. The predicted octanol–water partition coefficient (Wildman–Crippen LogP) is 2.34. The number of imidazole rings is 1. The predicted molar refractivity (Wildman–Crippen MR) is 89.6 cm³/mol. The second kappa shape index (κ2) is 7.01. The van der Waals surface area contributed by atoms with Crippen LogP contribution in [0.2, 0.25) is 0 Å². The van der Waals surface area contributed by atoms with E-state index in [1.165, 1.54) is 6.07 Å². The van der Waals surface area contributed by atoms with Crippen LogP contribution in [-0.4, -0.2) is 39.5 Å². The van der Waals surface area contributed by atoms with Crippen LogP contribution in [0.3, 0.4) is 0 Å². The molecule has 0 aliphatic carbocycles. The number of benzene rings is 1. The summed E-state index contributed by atoms with van der Waals surface area (Å²) < 4.78 is 21.4. The Morgan fingerprint density at radius 1 is 1.42 bits per heavy atom. The van der Waals surface area contributed by atoms with Crippen molar-refractivity contribution in [2.75, 3.05) is 13.2 Å². The Morgan fingerprint density at radius 2 is 2.17 bits per heavy atom. The highest BCUT2D eigenvalue weighted by Gasteiger charge is 2.35. The number of hydrogen-bond donors (Lipinski definition) is 2. The zero-order chi connectivity index (χ0) is 17.2. The molecule has 2 N–H and O–H groups in total. The lowest BCUT2D eigenvalue weighted by Crippen LogP contribution is -2.51. The molecule has 1 aliphatic heterocycles. The van der Waals surface area contributed by atoms with Crippen molar-refractivity contribution in [3.8, 4) is 5.69 Å². The van der Waals surface area contributed by atoms with Crippen LogP contribution in [0.5, 0.6) is 0 Å². The minimum atomic E-state index is -0.759. The maximum Gasteiger partial charge on any atom is 0.147 e. The zero-order valence-corrected chi connectivity index (χ0v) is 14.1. The summed E-state index contributed by atoms with van der Waals surface area (Å²) in [5, 5.41) is 14.0. The van der Waals surface area contributed by atoms with Crippen LogP contribution in [0.1, 0.15) is 31.2 Å². The lowest BCUT2D eigenvalue weighted by atomic mass is 9.87. The third-order valence-electron chi connectivity index (χ3n) is 4.87. The second-order valence-corrected chi connectivity index (χ2v) is 6.45. The summed E-state index contributed by atoms with van der Waals surface area (Å²) in [6.07, 6.45) is 4.64. The summed E-state index contributed by atoms with van der Waals surface area (Å²) in [5.41, 5.74) is 0.575. The third kappa shape index (κ3) is 3.50. The van der Waals surface area contributed by atoms with E-state index in [1.54, 1.807) is 23.0 Å². The smallest absolute Gasteiger partial charge is 0.147 e. The number of hydrogen-bond acceptors (Lipinski definition) is 4. The highest BCUT2D eigenvalue weighted by molar-refractivity contribution is 5.37. The van der Waals surface area contributed by atoms with Gasteiger partial charge in [-0.15, -0.1) is 0 Å². The van der Waals surface area contributed by atoms with E-state index < -0.39 is 5.60 Å². The molecule has 0 saturated carbocycles. The van der Waals surface area contributed by atoms with Crippen LogP contribution >= 0.6 is 0 Å². The van der Waals surface area contributed by atoms with Gasteiger partial charge in [0.05, 0.1) is 11.3 Å². The lowest BCUT2D eigenvalue weighted by molar-refractivity contribution is -0.0819. The van der Waals surface area contributed by atoms with Gasteiger partial charge in [-0.2, -0.15) is 0 Å². The highest BCUT2D eigenvalue weighted by atomic mass is 19.1. The number of nitrogens with one attached hydrogen (secondary N) is 1. The van der Waals surface area contributed by atoms with E-state index >= 15 is 0 Å². The first-order chi connectivity index (χ1) is 11.5. The molecule has 1 atom stereocenters. The molecule has 130 valence electrons. The van der Waals surface area contributed by atoms with Crippen LogP contribution in [0.4, 0.5) is 4.39 Å². The highest BCUT2D eigenvalue weighted by Crippen LogP contribution is 2.24. The van der Waals surface area contributed by atoms with E-state index in [0.717, 1.165) is 11.4 Å². The number of halogens is 1. The second-order valence-electron chi connectivity index (χ2n) is 6.45. The minimum Gasteiger partial charge on any atom is -0.388 e. The van der Waals surface area contributed by atoms with Crippen LogP contribution in [0.25, 0.3) is 5.69 Å². The first-order valence-electron chi connectivity index (χ1n) is 8.32. The summed E-state index contributed by atoms with van der Waals surface area (Å²) in [6.45, 7) is 5.46. The van der Waals surface area contributed by atoms with Crippen molar-refractivity contribution in [3.63, 3.8) is 0 Å². The number of rotatable bonds is 5. The molecule has 1 aliphatic rings. The average Bonchev–Trinajstić information content (AvgIpc) is 2.99. The molecule has 1 fully saturated rings. The van der Waals surface area contributed by atoms with Gasteiger partial charge in [-0.1, -0.05) is 6.07 Å². The van der Waals surface area contributed by atoms with E-state index in [-0.39, 0.29) is 11.9 Å². The molecule has 3 rings (SSSR count). The Bertz CT molecular complexity index is 695. The van der Waals surface area contributed by atoms with Crippen LogP contribution in [0, 0.1) is 12.7 Å². The first-order valence-corrected chi connectivity index (χ1v) is 8.32. The fourth-order valence-electron chi connectivity index (χ4n) is 3.11. The number of nitrogens with zero attached hydrogens (tertiary/aromatic N) is 2. The summed E-state index contributed by atoms with van der Waals surface area (Å²) in [7, 11) is 0. The lowest BCUT2D eigenvalue weighted by Gasteiger charge is -2.37. The maximum absolute atomic E-state index is 14.4. The molecule has 0 bridgehead atoms. The fourth-order valence-corrected chi connectivity index (χ4v) is 3.11. The quantitative estimate of drug-likeness (QED) is 0.882. The molecule has 6 heteroatoms. The molecule has 1 unspecified atom stereocenters. The number of aryl methyl sites for hydroxylation is 1. The van der Waals surface area contributed by atoms with Gasteiger partial charge in [-0.3, -0.25) is 0 Å². The molecule has 0 radical (unpaired) electrons. The Morgan fingerprint density at radius 3 is 2.79 bits per heavy atom. The summed E-state index contributed by atoms with van der Waals surface area (Å²) in [6, 6.07) is 5.10. The Kier molecular flexibility index (Phi) is 4.99. The molecular weight excluding hydrogens is 309 g/mol. The van der Waals surface area contributed by atoms with Crippen molar-refractivity contribution in [3.05, 3.63) is 47.8 Å². The van der Waals surface area contributed by atoms with Crippen molar-refractivity contribution < 1.29 is 14.2 Å². The summed E-state index contributed by atoms with van der Waals surface area (Å²) in [4.78, 5) is 4.12. The molecule has 0 spiro atoms. The van der Waals surface area contributed by atoms with Gasteiger partial charge < -0.3 is 19.7 Å². The van der Waals surface area contributed by atoms with Crippen molar-refractivity contribution in [1.82, 2.24) is 14.9 Å². The van der Waals surface area contributed by atoms with Crippen LogP contribution in [-0.2, 0) is 11.3 Å². The number of aromatic nitrogens is 2. The number of aliphatic hydroxyl groups is 1. The van der Waals surface area contributed by atoms with Gasteiger partial charge in [0.15, 0.2) is 0 Å². The van der Waals surface area contributed by atoms with E-state index in [9.17, 15) is 9.50 Å².